The van der Waals surface area contributed by atoms with Gasteiger partial charge in [0.15, 0.2) is 0 Å². The number of carbonyl (C=O) groups is 1. The Morgan fingerprint density at radius 2 is 1.90 bits per heavy atom. The van der Waals surface area contributed by atoms with E-state index in [1.807, 2.05) is 0 Å². The summed E-state index contributed by atoms with van der Waals surface area (Å²) in [7, 11) is 0. The van der Waals surface area contributed by atoms with Crippen molar-refractivity contribution >= 4 is 5.91 Å². The lowest BCUT2D eigenvalue weighted by Gasteiger charge is -2.40. The molecule has 2 rings (SSSR count). The maximum absolute atomic E-state index is 12.2. The number of hydrogen-bond donors (Lipinski definition) is 2. The van der Waals surface area contributed by atoms with Gasteiger partial charge in [-0.2, -0.15) is 0 Å². The number of carbonyl (C=O) groups excluding carboxylic acids is 1. The number of nitrogens with one attached hydrogen (secondary N) is 2. The summed E-state index contributed by atoms with van der Waals surface area (Å²) >= 11 is 0. The predicted molar refractivity (Wildman–Crippen MR) is 83.6 cm³/mol. The van der Waals surface area contributed by atoms with Crippen molar-refractivity contribution in [3.05, 3.63) is 0 Å². The zero-order valence-electron chi connectivity index (χ0n) is 13.5. The molecule has 0 aromatic carbocycles. The van der Waals surface area contributed by atoms with Crippen molar-refractivity contribution in [3.8, 4) is 0 Å². The van der Waals surface area contributed by atoms with E-state index in [9.17, 15) is 4.79 Å². The topological polar surface area (TPSA) is 41.1 Å². The van der Waals surface area contributed by atoms with Crippen LogP contribution in [0.25, 0.3) is 0 Å². The van der Waals surface area contributed by atoms with Gasteiger partial charge in [-0.05, 0) is 50.0 Å². The normalized spacial score (nSPS) is 31.2. The molecular weight excluding hydrogens is 248 g/mol. The molecule has 3 unspecified atom stereocenters. The second kappa shape index (κ2) is 6.93. The van der Waals surface area contributed by atoms with Crippen molar-refractivity contribution in [1.29, 1.82) is 0 Å². The SMILES string of the molecule is CC(C)(C)C1CCCCC1NC(=O)CCC1CCCN1. The van der Waals surface area contributed by atoms with Gasteiger partial charge >= 0.3 is 0 Å². The molecule has 1 saturated carbocycles. The fraction of sp³-hybridized carbons (Fsp3) is 0.941. The van der Waals surface area contributed by atoms with E-state index in [2.05, 4.69) is 31.4 Å². The first kappa shape index (κ1) is 15.8. The monoisotopic (exact) mass is 280 g/mol. The average molecular weight is 280 g/mol. The van der Waals surface area contributed by atoms with Crippen LogP contribution in [0.15, 0.2) is 0 Å². The van der Waals surface area contributed by atoms with E-state index < -0.39 is 0 Å². The molecular formula is C17H32N2O. The molecule has 0 bridgehead atoms. The minimum absolute atomic E-state index is 0.264. The molecule has 3 nitrogen and oxygen atoms in total. The fourth-order valence-corrected chi connectivity index (χ4v) is 3.93. The summed E-state index contributed by atoms with van der Waals surface area (Å²) in [5.41, 5.74) is 0.297. The standard InChI is InChI=1S/C17H32N2O/c1-17(2,3)14-8-4-5-9-15(14)19-16(20)11-10-13-7-6-12-18-13/h13-15,18H,4-12H2,1-3H3,(H,19,20). The molecule has 1 aliphatic carbocycles. The van der Waals surface area contributed by atoms with Crippen molar-refractivity contribution in [3.63, 3.8) is 0 Å². The fourth-order valence-electron chi connectivity index (χ4n) is 3.93. The van der Waals surface area contributed by atoms with Crippen LogP contribution in [-0.4, -0.2) is 24.5 Å². The summed E-state index contributed by atoms with van der Waals surface area (Å²) in [4.78, 5) is 12.2. The van der Waals surface area contributed by atoms with E-state index in [0.717, 1.165) is 19.4 Å². The van der Waals surface area contributed by atoms with Crippen molar-refractivity contribution in [2.45, 2.75) is 84.2 Å². The summed E-state index contributed by atoms with van der Waals surface area (Å²) in [6, 6.07) is 0.971. The minimum atomic E-state index is 0.264. The van der Waals surface area contributed by atoms with E-state index >= 15 is 0 Å². The average Bonchev–Trinajstić information content (AvgIpc) is 2.89. The second-order valence-corrected chi connectivity index (χ2v) is 7.76. The van der Waals surface area contributed by atoms with E-state index in [1.54, 1.807) is 0 Å². The third kappa shape index (κ3) is 4.47. The highest BCUT2D eigenvalue weighted by atomic mass is 16.1. The van der Waals surface area contributed by atoms with Crippen LogP contribution in [0.3, 0.4) is 0 Å². The van der Waals surface area contributed by atoms with Gasteiger partial charge < -0.3 is 10.6 Å². The molecule has 1 heterocycles. The van der Waals surface area contributed by atoms with Gasteiger partial charge in [0.1, 0.15) is 0 Å². The second-order valence-electron chi connectivity index (χ2n) is 7.76. The van der Waals surface area contributed by atoms with Gasteiger partial charge in [-0.15, -0.1) is 0 Å². The molecule has 1 aliphatic heterocycles. The third-order valence-corrected chi connectivity index (χ3v) is 5.11. The number of amides is 1. The summed E-state index contributed by atoms with van der Waals surface area (Å²) < 4.78 is 0. The molecule has 2 fully saturated rings. The number of hydrogen-bond acceptors (Lipinski definition) is 2. The molecule has 0 radical (unpaired) electrons. The lowest BCUT2D eigenvalue weighted by Crippen LogP contribution is -2.46. The summed E-state index contributed by atoms with van der Waals surface area (Å²) in [5.74, 6) is 0.893. The summed E-state index contributed by atoms with van der Waals surface area (Å²) in [6.07, 6.45) is 9.20. The molecule has 2 N–H and O–H groups in total. The van der Waals surface area contributed by atoms with E-state index in [4.69, 9.17) is 0 Å². The molecule has 1 saturated heterocycles. The largest absolute Gasteiger partial charge is 0.353 e. The molecule has 0 spiro atoms. The van der Waals surface area contributed by atoms with Crippen LogP contribution in [0.5, 0.6) is 0 Å². The molecule has 20 heavy (non-hydrogen) atoms. The van der Waals surface area contributed by atoms with Crippen molar-refractivity contribution in [2.75, 3.05) is 6.54 Å². The van der Waals surface area contributed by atoms with Crippen LogP contribution in [0.4, 0.5) is 0 Å². The first-order chi connectivity index (χ1) is 9.47. The molecule has 0 aromatic heterocycles. The summed E-state index contributed by atoms with van der Waals surface area (Å²) in [6.45, 7) is 8.06. The zero-order valence-corrected chi connectivity index (χ0v) is 13.5. The Bertz CT molecular complexity index is 315. The van der Waals surface area contributed by atoms with Gasteiger partial charge in [-0.1, -0.05) is 33.6 Å². The van der Waals surface area contributed by atoms with Crippen molar-refractivity contribution in [2.24, 2.45) is 11.3 Å². The third-order valence-electron chi connectivity index (χ3n) is 5.11. The van der Waals surface area contributed by atoms with Crippen LogP contribution in [-0.2, 0) is 4.79 Å². The quantitative estimate of drug-likeness (QED) is 0.830. The number of rotatable bonds is 4. The summed E-state index contributed by atoms with van der Waals surface area (Å²) in [5, 5.41) is 6.80. The van der Waals surface area contributed by atoms with Crippen LogP contribution in [0.1, 0.15) is 72.1 Å². The minimum Gasteiger partial charge on any atom is -0.353 e. The highest BCUT2D eigenvalue weighted by molar-refractivity contribution is 5.76. The first-order valence-electron chi connectivity index (χ1n) is 8.49. The maximum atomic E-state index is 12.2. The van der Waals surface area contributed by atoms with Crippen molar-refractivity contribution in [1.82, 2.24) is 10.6 Å². The van der Waals surface area contributed by atoms with Crippen LogP contribution >= 0.6 is 0 Å². The predicted octanol–water partition coefficient (Wildman–Crippen LogP) is 3.24. The Labute approximate surface area is 124 Å². The van der Waals surface area contributed by atoms with E-state index in [1.165, 1.54) is 32.1 Å². The first-order valence-corrected chi connectivity index (χ1v) is 8.49. The molecule has 3 atom stereocenters. The van der Waals surface area contributed by atoms with E-state index in [-0.39, 0.29) is 5.91 Å². The highest BCUT2D eigenvalue weighted by Crippen LogP contribution is 2.38. The Balaban J connectivity index is 1.78. The molecule has 3 heteroatoms. The van der Waals surface area contributed by atoms with Gasteiger partial charge in [-0.3, -0.25) is 4.79 Å². The van der Waals surface area contributed by atoms with Crippen LogP contribution in [0.2, 0.25) is 0 Å². The molecule has 0 aromatic rings. The maximum Gasteiger partial charge on any atom is 0.220 e. The van der Waals surface area contributed by atoms with Gasteiger partial charge in [-0.25, -0.2) is 0 Å². The molecule has 116 valence electrons. The molecule has 1 amide bonds. The smallest absolute Gasteiger partial charge is 0.220 e. The lowest BCUT2D eigenvalue weighted by atomic mass is 9.69. The zero-order chi connectivity index (χ0) is 14.6. The van der Waals surface area contributed by atoms with Crippen molar-refractivity contribution < 1.29 is 4.79 Å². The Kier molecular flexibility index (Phi) is 5.48. The van der Waals surface area contributed by atoms with Gasteiger partial charge in [0.2, 0.25) is 5.91 Å². The Morgan fingerprint density at radius 1 is 1.15 bits per heavy atom. The highest BCUT2D eigenvalue weighted by Gasteiger charge is 2.34. The molecule has 2 aliphatic rings. The Hall–Kier alpha value is -0.570. The Morgan fingerprint density at radius 3 is 2.55 bits per heavy atom. The van der Waals surface area contributed by atoms with Crippen LogP contribution < -0.4 is 10.6 Å². The van der Waals surface area contributed by atoms with Gasteiger partial charge in [0.25, 0.3) is 0 Å². The van der Waals surface area contributed by atoms with Gasteiger partial charge in [0.05, 0.1) is 0 Å². The lowest BCUT2D eigenvalue weighted by molar-refractivity contribution is -0.123. The van der Waals surface area contributed by atoms with Gasteiger partial charge in [0, 0.05) is 18.5 Å². The van der Waals surface area contributed by atoms with E-state index in [0.29, 0.717) is 29.8 Å². The van der Waals surface area contributed by atoms with Crippen LogP contribution in [0, 0.1) is 11.3 Å².